The Morgan fingerprint density at radius 3 is 2.55 bits per heavy atom. The Morgan fingerprint density at radius 1 is 1.32 bits per heavy atom. The molecule has 0 bridgehead atoms. The number of hydrogen-bond donors (Lipinski definition) is 0. The number of nitrogens with zero attached hydrogens (tertiary/aromatic N) is 4. The van der Waals surface area contributed by atoms with Crippen molar-refractivity contribution >= 4 is 15.9 Å². The maximum Gasteiger partial charge on any atom is 0.226 e. The molecule has 2 heterocycles. The largest absolute Gasteiger partial charge is 0.340 e. The fourth-order valence-corrected chi connectivity index (χ4v) is 4.16. The molecule has 1 aliphatic heterocycles. The maximum atomic E-state index is 12.5. The number of sulfonamides is 1. The number of carbonyl (C=O) groups excluding carboxylic acids is 1. The Hall–Kier alpha value is -1.41. The number of aryl methyl sites for hydroxylation is 1. The highest BCUT2D eigenvalue weighted by Crippen LogP contribution is 2.48. The highest BCUT2D eigenvalue weighted by molar-refractivity contribution is 7.89. The summed E-state index contributed by atoms with van der Waals surface area (Å²) in [6, 6.07) is 0. The molecule has 3 rings (SSSR count). The Labute approximate surface area is 130 Å². The van der Waals surface area contributed by atoms with Gasteiger partial charge in [-0.15, -0.1) is 0 Å². The van der Waals surface area contributed by atoms with Crippen LogP contribution in [0.2, 0.25) is 0 Å². The molecule has 1 aromatic heterocycles. The molecule has 122 valence electrons. The maximum absolute atomic E-state index is 12.5. The van der Waals surface area contributed by atoms with Gasteiger partial charge in [-0.05, 0) is 24.8 Å². The average molecular weight is 326 g/mol. The summed E-state index contributed by atoms with van der Waals surface area (Å²) >= 11 is 0. The first-order chi connectivity index (χ1) is 10.4. The van der Waals surface area contributed by atoms with Crippen LogP contribution in [-0.2, 0) is 21.9 Å². The van der Waals surface area contributed by atoms with Crippen molar-refractivity contribution in [3.8, 4) is 0 Å². The van der Waals surface area contributed by atoms with Crippen molar-refractivity contribution in [1.82, 2.24) is 19.0 Å². The molecule has 22 heavy (non-hydrogen) atoms. The molecule has 1 aliphatic carbocycles. The second-order valence-electron chi connectivity index (χ2n) is 6.02. The lowest BCUT2D eigenvalue weighted by atomic mass is 10.2. The molecule has 1 saturated heterocycles. The van der Waals surface area contributed by atoms with Gasteiger partial charge in [0.2, 0.25) is 15.9 Å². The summed E-state index contributed by atoms with van der Waals surface area (Å²) in [5, 5.41) is 4.15. The van der Waals surface area contributed by atoms with Gasteiger partial charge in [0.25, 0.3) is 0 Å². The van der Waals surface area contributed by atoms with Crippen molar-refractivity contribution in [2.75, 3.05) is 31.9 Å². The fraction of sp³-hybridized carbons (Fsp3) is 0.714. The summed E-state index contributed by atoms with van der Waals surface area (Å²) in [7, 11) is -1.27. The second-order valence-corrected chi connectivity index (χ2v) is 8.28. The SMILES string of the molecule is CCS(=O)(=O)N1CCN(C(=O)[C@H]2C[C@@H]2c2cnn(C)c2)CC1. The number of aromatic nitrogens is 2. The molecule has 0 radical (unpaired) electrons. The molecule has 1 amide bonds. The molecule has 8 heteroatoms. The van der Waals surface area contributed by atoms with Crippen molar-refractivity contribution < 1.29 is 13.2 Å². The van der Waals surface area contributed by atoms with E-state index in [1.807, 2.05) is 24.3 Å². The number of amides is 1. The van der Waals surface area contributed by atoms with E-state index in [1.165, 1.54) is 4.31 Å². The van der Waals surface area contributed by atoms with Crippen LogP contribution >= 0.6 is 0 Å². The van der Waals surface area contributed by atoms with E-state index in [0.717, 1.165) is 12.0 Å². The predicted octanol–water partition coefficient (Wildman–Crippen LogP) is 0.0175. The number of hydrogen-bond acceptors (Lipinski definition) is 4. The fourth-order valence-electron chi connectivity index (χ4n) is 3.07. The molecule has 1 saturated carbocycles. The van der Waals surface area contributed by atoms with E-state index in [1.54, 1.807) is 11.6 Å². The first kappa shape index (κ1) is 15.5. The highest BCUT2D eigenvalue weighted by atomic mass is 32.2. The molecule has 2 fully saturated rings. The molecule has 2 atom stereocenters. The minimum Gasteiger partial charge on any atom is -0.340 e. The van der Waals surface area contributed by atoms with E-state index in [-0.39, 0.29) is 23.5 Å². The smallest absolute Gasteiger partial charge is 0.226 e. The van der Waals surface area contributed by atoms with Gasteiger partial charge < -0.3 is 4.90 Å². The highest BCUT2D eigenvalue weighted by Gasteiger charge is 2.46. The molecule has 2 aliphatic rings. The van der Waals surface area contributed by atoms with Crippen LogP contribution in [0.15, 0.2) is 12.4 Å². The lowest BCUT2D eigenvalue weighted by molar-refractivity contribution is -0.133. The summed E-state index contributed by atoms with van der Waals surface area (Å²) in [5.74, 6) is 0.590. The van der Waals surface area contributed by atoms with Gasteiger partial charge in [0.1, 0.15) is 0 Å². The standard InChI is InChI=1S/C14H22N4O3S/c1-3-22(20,21)18-6-4-17(5-7-18)14(19)13-8-12(13)11-9-15-16(2)10-11/h9-10,12-13H,3-8H2,1-2H3/t12-,13+/m1/s1. The van der Waals surface area contributed by atoms with Gasteiger partial charge in [-0.25, -0.2) is 8.42 Å². The molecular weight excluding hydrogens is 304 g/mol. The van der Waals surface area contributed by atoms with E-state index >= 15 is 0 Å². The summed E-state index contributed by atoms with van der Waals surface area (Å²) in [6.45, 7) is 3.45. The van der Waals surface area contributed by atoms with Crippen molar-refractivity contribution in [3.63, 3.8) is 0 Å². The molecule has 0 spiro atoms. The topological polar surface area (TPSA) is 75.5 Å². The van der Waals surface area contributed by atoms with Crippen molar-refractivity contribution in [1.29, 1.82) is 0 Å². The van der Waals surface area contributed by atoms with Crippen LogP contribution in [0.3, 0.4) is 0 Å². The van der Waals surface area contributed by atoms with Crippen molar-refractivity contribution in [3.05, 3.63) is 18.0 Å². The first-order valence-electron chi connectivity index (χ1n) is 7.67. The minimum atomic E-state index is -3.14. The van der Waals surface area contributed by atoms with Gasteiger partial charge in [-0.1, -0.05) is 0 Å². The van der Waals surface area contributed by atoms with Crippen LogP contribution in [0.4, 0.5) is 0 Å². The minimum absolute atomic E-state index is 0.0403. The van der Waals surface area contributed by atoms with E-state index < -0.39 is 10.0 Å². The molecule has 0 N–H and O–H groups in total. The third-order valence-corrected chi connectivity index (χ3v) is 6.45. The average Bonchev–Trinajstić information content (AvgIpc) is 3.21. The van der Waals surface area contributed by atoms with Crippen molar-refractivity contribution in [2.45, 2.75) is 19.3 Å². The van der Waals surface area contributed by atoms with Gasteiger partial charge in [0.15, 0.2) is 0 Å². The number of carbonyl (C=O) groups is 1. The van der Waals surface area contributed by atoms with Gasteiger partial charge in [0.05, 0.1) is 11.9 Å². The summed E-state index contributed by atoms with van der Waals surface area (Å²) in [4.78, 5) is 14.3. The van der Waals surface area contributed by atoms with Crippen LogP contribution in [0, 0.1) is 5.92 Å². The number of rotatable bonds is 4. The van der Waals surface area contributed by atoms with Crippen LogP contribution in [0.5, 0.6) is 0 Å². The van der Waals surface area contributed by atoms with Crippen LogP contribution in [-0.4, -0.2) is 65.2 Å². The van der Waals surface area contributed by atoms with Gasteiger partial charge in [-0.2, -0.15) is 9.40 Å². The van der Waals surface area contributed by atoms with Crippen LogP contribution in [0.25, 0.3) is 0 Å². The predicted molar refractivity (Wildman–Crippen MR) is 81.7 cm³/mol. The Kier molecular flexibility index (Phi) is 3.98. The van der Waals surface area contributed by atoms with Gasteiger partial charge in [-0.3, -0.25) is 9.48 Å². The monoisotopic (exact) mass is 326 g/mol. The molecular formula is C14H22N4O3S. The third-order valence-electron chi connectivity index (χ3n) is 4.57. The second kappa shape index (κ2) is 5.66. The van der Waals surface area contributed by atoms with E-state index in [2.05, 4.69) is 5.10 Å². The van der Waals surface area contributed by atoms with E-state index in [4.69, 9.17) is 0 Å². The van der Waals surface area contributed by atoms with E-state index in [9.17, 15) is 13.2 Å². The molecule has 0 aromatic carbocycles. The molecule has 0 unspecified atom stereocenters. The van der Waals surface area contributed by atoms with Crippen LogP contribution < -0.4 is 0 Å². The van der Waals surface area contributed by atoms with E-state index in [0.29, 0.717) is 26.2 Å². The van der Waals surface area contributed by atoms with Gasteiger partial charge in [0, 0.05) is 45.3 Å². The summed E-state index contributed by atoms with van der Waals surface area (Å²) in [6.07, 6.45) is 4.66. The van der Waals surface area contributed by atoms with Gasteiger partial charge >= 0.3 is 0 Å². The quantitative estimate of drug-likeness (QED) is 0.781. The van der Waals surface area contributed by atoms with Crippen LogP contribution in [0.1, 0.15) is 24.8 Å². The number of piperazine rings is 1. The lowest BCUT2D eigenvalue weighted by Gasteiger charge is -2.34. The third kappa shape index (κ3) is 2.89. The summed E-state index contributed by atoms with van der Waals surface area (Å²) in [5.41, 5.74) is 1.12. The Morgan fingerprint density at radius 2 is 2.00 bits per heavy atom. The van der Waals surface area contributed by atoms with Crippen molar-refractivity contribution in [2.24, 2.45) is 13.0 Å². The zero-order valence-corrected chi connectivity index (χ0v) is 13.8. The first-order valence-corrected chi connectivity index (χ1v) is 9.28. The molecule has 1 aromatic rings. The normalized spacial score (nSPS) is 26.2. The molecule has 7 nitrogen and oxygen atoms in total. The lowest BCUT2D eigenvalue weighted by Crippen LogP contribution is -2.51. The zero-order chi connectivity index (χ0) is 15.9. The zero-order valence-electron chi connectivity index (χ0n) is 13.0. The Balaban J connectivity index is 1.55. The Bertz CT molecular complexity index is 661. The summed E-state index contributed by atoms with van der Waals surface area (Å²) < 4.78 is 26.9.